The molecule has 1 saturated heterocycles. The maximum absolute atomic E-state index is 15.9. The lowest BCUT2D eigenvalue weighted by atomic mass is 9.57. The zero-order chi connectivity index (χ0) is 29.3. The average molecular weight is 560 g/mol. The van der Waals surface area contributed by atoms with Gasteiger partial charge in [-0.2, -0.15) is 0 Å². The van der Waals surface area contributed by atoms with Crippen molar-refractivity contribution in [3.8, 4) is 5.75 Å². The molecular formula is C28H34FN3O8. The summed E-state index contributed by atoms with van der Waals surface area (Å²) in [6.45, 7) is 1.61. The minimum Gasteiger partial charge on any atom is -0.508 e. The number of carbonyl (C=O) groups is 3. The number of amides is 1. The van der Waals surface area contributed by atoms with Gasteiger partial charge in [-0.1, -0.05) is 0 Å². The Bertz CT molecular complexity index is 1360. The number of ketones is 2. The van der Waals surface area contributed by atoms with Crippen molar-refractivity contribution in [2.45, 2.75) is 50.0 Å². The van der Waals surface area contributed by atoms with E-state index in [-0.39, 0.29) is 47.8 Å². The Morgan fingerprint density at radius 1 is 1.23 bits per heavy atom. The van der Waals surface area contributed by atoms with E-state index in [0.29, 0.717) is 13.1 Å². The highest BCUT2D eigenvalue weighted by molar-refractivity contribution is 6.24. The van der Waals surface area contributed by atoms with E-state index in [1.165, 1.54) is 25.1 Å². The van der Waals surface area contributed by atoms with Crippen molar-refractivity contribution in [3.63, 3.8) is 0 Å². The molecule has 1 aromatic carbocycles. The first-order chi connectivity index (χ1) is 18.8. The van der Waals surface area contributed by atoms with Crippen LogP contribution in [0.2, 0.25) is 0 Å². The third kappa shape index (κ3) is 4.04. The van der Waals surface area contributed by atoms with Gasteiger partial charge in [-0.3, -0.25) is 24.2 Å². The van der Waals surface area contributed by atoms with E-state index in [1.54, 1.807) is 7.11 Å². The van der Waals surface area contributed by atoms with Crippen LogP contribution in [-0.2, 0) is 32.1 Å². The summed E-state index contributed by atoms with van der Waals surface area (Å²) >= 11 is 0. The third-order valence-corrected chi connectivity index (χ3v) is 8.99. The predicted octanol–water partition coefficient (Wildman–Crippen LogP) is 0.714. The van der Waals surface area contributed by atoms with Crippen molar-refractivity contribution in [3.05, 3.63) is 45.5 Å². The number of aliphatic hydroxyl groups is 3. The van der Waals surface area contributed by atoms with E-state index in [9.17, 15) is 34.8 Å². The summed E-state index contributed by atoms with van der Waals surface area (Å²) in [5, 5.41) is 44.6. The molecule has 11 nitrogen and oxygen atoms in total. The van der Waals surface area contributed by atoms with Gasteiger partial charge in [0.2, 0.25) is 5.78 Å². The van der Waals surface area contributed by atoms with Crippen LogP contribution in [0.25, 0.3) is 5.76 Å². The van der Waals surface area contributed by atoms with Crippen molar-refractivity contribution in [2.75, 3.05) is 34.3 Å². The summed E-state index contributed by atoms with van der Waals surface area (Å²) < 4.78 is 21.3. The second kappa shape index (κ2) is 9.95. The second-order valence-electron chi connectivity index (χ2n) is 11.4. The molecule has 4 aliphatic rings. The van der Waals surface area contributed by atoms with E-state index >= 15 is 4.39 Å². The number of benzene rings is 1. The van der Waals surface area contributed by atoms with Gasteiger partial charge in [-0.15, -0.1) is 0 Å². The van der Waals surface area contributed by atoms with Gasteiger partial charge in [0, 0.05) is 49.4 Å². The number of nitrogens with zero attached hydrogens (tertiary/aromatic N) is 2. The first kappa shape index (κ1) is 28.2. The Morgan fingerprint density at radius 2 is 1.88 bits per heavy atom. The fourth-order valence-corrected chi connectivity index (χ4v) is 7.01. The van der Waals surface area contributed by atoms with E-state index in [2.05, 4.69) is 4.90 Å². The molecule has 1 unspecified atom stereocenters. The number of halogens is 1. The van der Waals surface area contributed by atoms with Gasteiger partial charge >= 0.3 is 0 Å². The summed E-state index contributed by atoms with van der Waals surface area (Å²) in [6, 6.07) is 0.0275. The lowest BCUT2D eigenvalue weighted by molar-refractivity contribution is -0.153. The normalized spacial score (nSPS) is 29.5. The molecule has 3 aliphatic carbocycles. The Labute approximate surface area is 230 Å². The lowest BCUT2D eigenvalue weighted by Crippen LogP contribution is -2.65. The standard InChI is InChI=1S/C28H34FN3O8/c1-31(2)22-16-9-12-8-15-19(17(33)10-13(21(15)29)11-32-6-4-14(40-3)5-7-32)23(34)18(12)25(36)28(16,39)26(37)20(24(22)35)27(30)38/h10,12,14,16,22,33-34,37,39H,4-9,11H2,1-3H3,(H2,30,38)/t12-,16?,22-,28-/m0/s1. The number of hydrogen-bond donors (Lipinski definition) is 5. The zero-order valence-corrected chi connectivity index (χ0v) is 22.6. The smallest absolute Gasteiger partial charge is 0.255 e. The quantitative estimate of drug-likeness (QED) is 0.323. The van der Waals surface area contributed by atoms with Crippen LogP contribution in [0.4, 0.5) is 4.39 Å². The predicted molar refractivity (Wildman–Crippen MR) is 140 cm³/mol. The molecule has 12 heteroatoms. The number of aromatic hydroxyl groups is 1. The minimum absolute atomic E-state index is 0.0346. The molecule has 1 aliphatic heterocycles. The van der Waals surface area contributed by atoms with Gasteiger partial charge in [0.05, 0.1) is 17.7 Å². The zero-order valence-electron chi connectivity index (χ0n) is 22.6. The number of Topliss-reactive ketones (excluding diaryl/α,β-unsaturated/α-hetero) is 2. The summed E-state index contributed by atoms with van der Waals surface area (Å²) in [5.41, 5.74) is 1.43. The van der Waals surface area contributed by atoms with Crippen LogP contribution in [0.3, 0.4) is 0 Å². The van der Waals surface area contributed by atoms with E-state index < -0.39 is 69.6 Å². The number of methoxy groups -OCH3 is 1. The summed E-state index contributed by atoms with van der Waals surface area (Å²) in [7, 11) is 4.70. The number of likely N-dealkylation sites (tertiary alicyclic amines) is 1. The molecule has 4 atom stereocenters. The molecule has 1 saturated carbocycles. The highest BCUT2D eigenvalue weighted by Crippen LogP contribution is 2.53. The number of phenols is 1. The summed E-state index contributed by atoms with van der Waals surface area (Å²) in [5.74, 6) is -8.22. The summed E-state index contributed by atoms with van der Waals surface area (Å²) in [6.07, 6.45) is 1.54. The van der Waals surface area contributed by atoms with Crippen LogP contribution in [0.5, 0.6) is 5.75 Å². The van der Waals surface area contributed by atoms with Crippen molar-refractivity contribution < 1.29 is 43.9 Å². The molecule has 5 rings (SSSR count). The van der Waals surface area contributed by atoms with Crippen molar-refractivity contribution >= 4 is 23.2 Å². The van der Waals surface area contributed by atoms with Crippen LogP contribution in [0, 0.1) is 17.7 Å². The number of aliphatic hydroxyl groups excluding tert-OH is 2. The Hall–Kier alpha value is -3.32. The number of primary amides is 1. The number of likely N-dealkylation sites (N-methyl/N-ethyl adjacent to an activating group) is 1. The number of rotatable bonds is 5. The van der Waals surface area contributed by atoms with E-state index in [4.69, 9.17) is 10.5 Å². The largest absolute Gasteiger partial charge is 0.508 e. The van der Waals surface area contributed by atoms with Gasteiger partial charge in [0.15, 0.2) is 11.4 Å². The number of hydrogen-bond acceptors (Lipinski definition) is 10. The molecule has 1 amide bonds. The Balaban J connectivity index is 1.58. The second-order valence-corrected chi connectivity index (χ2v) is 11.4. The number of carbonyl (C=O) groups excluding carboxylic acids is 3. The van der Waals surface area contributed by atoms with Crippen LogP contribution in [0.1, 0.15) is 36.0 Å². The van der Waals surface area contributed by atoms with Gasteiger partial charge in [-0.05, 0) is 51.8 Å². The van der Waals surface area contributed by atoms with E-state index in [0.717, 1.165) is 12.8 Å². The van der Waals surface area contributed by atoms with Gasteiger partial charge in [0.1, 0.15) is 28.7 Å². The van der Waals surface area contributed by atoms with E-state index in [1.807, 2.05) is 0 Å². The van der Waals surface area contributed by atoms with Gasteiger partial charge in [-0.25, -0.2) is 4.39 Å². The van der Waals surface area contributed by atoms with Crippen LogP contribution in [0.15, 0.2) is 23.0 Å². The minimum atomic E-state index is -2.73. The highest BCUT2D eigenvalue weighted by atomic mass is 19.1. The van der Waals surface area contributed by atoms with Crippen molar-refractivity contribution in [2.24, 2.45) is 17.6 Å². The Morgan fingerprint density at radius 3 is 2.45 bits per heavy atom. The number of fused-ring (bicyclic) bond motifs is 3. The topological polar surface area (TPSA) is 174 Å². The number of phenolic OH excluding ortho intramolecular Hbond substituents is 1. The SMILES string of the molecule is COC1CCN(Cc2cc(O)c3c(c2F)C[C@H]2CC4[C@H](N(C)C)C(=O)C(C(N)=O)=C(O)[C@@]4(O)C(=O)C2=C3O)CC1. The van der Waals surface area contributed by atoms with Crippen molar-refractivity contribution in [1.82, 2.24) is 9.80 Å². The molecule has 2 fully saturated rings. The highest BCUT2D eigenvalue weighted by Gasteiger charge is 2.64. The molecule has 0 radical (unpaired) electrons. The first-order valence-corrected chi connectivity index (χ1v) is 13.3. The number of ether oxygens (including phenoxy) is 1. The molecule has 0 spiro atoms. The molecule has 0 bridgehead atoms. The third-order valence-electron chi connectivity index (χ3n) is 8.99. The molecule has 216 valence electrons. The number of piperidine rings is 1. The first-order valence-electron chi connectivity index (χ1n) is 13.3. The monoisotopic (exact) mass is 559 g/mol. The molecule has 40 heavy (non-hydrogen) atoms. The van der Waals surface area contributed by atoms with Gasteiger partial charge in [0.25, 0.3) is 5.91 Å². The van der Waals surface area contributed by atoms with Gasteiger partial charge < -0.3 is 30.9 Å². The average Bonchev–Trinajstić information content (AvgIpc) is 2.89. The number of nitrogens with two attached hydrogens (primary N) is 1. The Kier molecular flexibility index (Phi) is 7.02. The molecule has 1 aromatic rings. The lowest BCUT2D eigenvalue weighted by Gasteiger charge is -2.50. The fourth-order valence-electron chi connectivity index (χ4n) is 7.01. The molecule has 6 N–H and O–H groups in total. The van der Waals surface area contributed by atoms with Crippen LogP contribution >= 0.6 is 0 Å². The van der Waals surface area contributed by atoms with Crippen LogP contribution < -0.4 is 5.73 Å². The summed E-state index contributed by atoms with van der Waals surface area (Å²) in [4.78, 5) is 42.5. The molecule has 0 aromatic heterocycles. The maximum Gasteiger partial charge on any atom is 0.255 e. The molecular weight excluding hydrogens is 525 g/mol. The fraction of sp³-hybridized carbons (Fsp3) is 0.536. The molecule has 1 heterocycles. The maximum atomic E-state index is 15.9. The van der Waals surface area contributed by atoms with Crippen molar-refractivity contribution in [1.29, 1.82) is 0 Å². The van der Waals surface area contributed by atoms with Crippen LogP contribution in [-0.4, -0.2) is 99.7 Å².